The van der Waals surface area contributed by atoms with Gasteiger partial charge in [-0.1, -0.05) is 17.7 Å². The van der Waals surface area contributed by atoms with Crippen molar-refractivity contribution in [3.8, 4) is 0 Å². The van der Waals surface area contributed by atoms with Crippen LogP contribution in [0.25, 0.3) is 0 Å². The number of halogens is 3. The summed E-state index contributed by atoms with van der Waals surface area (Å²) in [4.78, 5) is 10.6. The molecule has 0 bridgehead atoms. The second-order valence-corrected chi connectivity index (χ2v) is 4.59. The third kappa shape index (κ3) is 5.25. The summed E-state index contributed by atoms with van der Waals surface area (Å²) in [6.45, 7) is 0. The van der Waals surface area contributed by atoms with Crippen molar-refractivity contribution in [1.29, 1.82) is 0 Å². The summed E-state index contributed by atoms with van der Waals surface area (Å²) in [5, 5.41) is 8.45. The zero-order chi connectivity index (χ0) is 12.2. The second kappa shape index (κ2) is 5.43. The predicted octanol–water partition coefficient (Wildman–Crippen LogP) is 3.71. The minimum Gasteiger partial charge on any atom is -0.481 e. The lowest BCUT2D eigenvalue weighted by molar-refractivity contribution is -0.136. The maximum absolute atomic E-state index is 12.0. The lowest BCUT2D eigenvalue weighted by Gasteiger charge is -2.14. The van der Waals surface area contributed by atoms with Gasteiger partial charge in [-0.25, -0.2) is 0 Å². The summed E-state index contributed by atoms with van der Waals surface area (Å²) < 4.78 is 36.0. The molecule has 0 radical (unpaired) electrons. The number of hydrogen-bond donors (Lipinski definition) is 1. The number of carboxylic acids is 1. The van der Waals surface area contributed by atoms with Crippen LogP contribution in [0, 0.1) is 0 Å². The smallest absolute Gasteiger partial charge is 0.446 e. The van der Waals surface area contributed by atoms with Crippen molar-refractivity contribution in [3.05, 3.63) is 22.6 Å². The molecule has 1 aliphatic rings. The van der Waals surface area contributed by atoms with Gasteiger partial charge in [-0.2, -0.15) is 13.2 Å². The SMILES string of the molecule is O=C(O)CCC1=CC=C(SC(F)(F)F)CC1. The minimum atomic E-state index is -4.24. The van der Waals surface area contributed by atoms with Gasteiger partial charge in [0, 0.05) is 6.42 Å². The Morgan fingerprint density at radius 3 is 2.50 bits per heavy atom. The molecule has 0 fully saturated rings. The van der Waals surface area contributed by atoms with E-state index >= 15 is 0 Å². The van der Waals surface area contributed by atoms with Gasteiger partial charge >= 0.3 is 11.5 Å². The number of thioether (sulfide) groups is 1. The predicted molar refractivity (Wildman–Crippen MR) is 55.9 cm³/mol. The maximum atomic E-state index is 12.0. The number of aliphatic carboxylic acids is 1. The van der Waals surface area contributed by atoms with Crippen molar-refractivity contribution >= 4 is 17.7 Å². The first kappa shape index (κ1) is 13.2. The molecule has 0 aromatic carbocycles. The van der Waals surface area contributed by atoms with Crippen LogP contribution in [0.15, 0.2) is 22.6 Å². The highest BCUT2D eigenvalue weighted by atomic mass is 32.2. The fourth-order valence-electron chi connectivity index (χ4n) is 1.37. The number of alkyl halides is 3. The number of hydrogen-bond acceptors (Lipinski definition) is 2. The van der Waals surface area contributed by atoms with Gasteiger partial charge in [0.15, 0.2) is 0 Å². The molecule has 0 spiro atoms. The van der Waals surface area contributed by atoms with E-state index in [2.05, 4.69) is 0 Å². The Kier molecular flexibility index (Phi) is 4.46. The van der Waals surface area contributed by atoms with Crippen molar-refractivity contribution < 1.29 is 23.1 Å². The van der Waals surface area contributed by atoms with Gasteiger partial charge in [0.25, 0.3) is 0 Å². The summed E-state index contributed by atoms with van der Waals surface area (Å²) in [7, 11) is 0. The molecule has 1 N–H and O–H groups in total. The van der Waals surface area contributed by atoms with Crippen LogP contribution < -0.4 is 0 Å². The van der Waals surface area contributed by atoms with Crippen LogP contribution in [0.2, 0.25) is 0 Å². The molecule has 90 valence electrons. The third-order valence-corrected chi connectivity index (χ3v) is 2.94. The van der Waals surface area contributed by atoms with E-state index in [0.717, 1.165) is 5.57 Å². The molecule has 2 nitrogen and oxygen atoms in total. The van der Waals surface area contributed by atoms with E-state index in [1.54, 1.807) is 6.08 Å². The van der Waals surface area contributed by atoms with Crippen LogP contribution in [-0.2, 0) is 4.79 Å². The van der Waals surface area contributed by atoms with Crippen LogP contribution in [-0.4, -0.2) is 16.6 Å². The van der Waals surface area contributed by atoms with E-state index in [9.17, 15) is 18.0 Å². The lowest BCUT2D eigenvalue weighted by Crippen LogP contribution is -2.03. The molecule has 0 aromatic heterocycles. The Morgan fingerprint density at radius 1 is 1.38 bits per heavy atom. The van der Waals surface area contributed by atoms with Gasteiger partial charge in [-0.15, -0.1) is 0 Å². The van der Waals surface area contributed by atoms with Crippen LogP contribution in [0.5, 0.6) is 0 Å². The summed E-state index contributed by atoms with van der Waals surface area (Å²) in [5.74, 6) is -0.889. The molecular weight excluding hydrogens is 241 g/mol. The first-order valence-electron chi connectivity index (χ1n) is 4.73. The molecule has 0 amide bonds. The molecule has 0 saturated heterocycles. The third-order valence-electron chi connectivity index (χ3n) is 2.10. The van der Waals surface area contributed by atoms with Crippen LogP contribution in [0.3, 0.4) is 0 Å². The fraction of sp³-hybridized carbons (Fsp3) is 0.500. The molecule has 6 heteroatoms. The first-order chi connectivity index (χ1) is 7.37. The van der Waals surface area contributed by atoms with Crippen LogP contribution in [0.1, 0.15) is 25.7 Å². The van der Waals surface area contributed by atoms with Crippen molar-refractivity contribution in [2.24, 2.45) is 0 Å². The molecular formula is C10H11F3O2S. The molecule has 1 aliphatic carbocycles. The first-order valence-corrected chi connectivity index (χ1v) is 5.54. The molecule has 0 aromatic rings. The van der Waals surface area contributed by atoms with E-state index in [4.69, 9.17) is 5.11 Å². The Labute approximate surface area is 95.2 Å². The van der Waals surface area contributed by atoms with Crippen molar-refractivity contribution in [2.75, 3.05) is 0 Å². The standard InChI is InChI=1S/C10H11F3O2S/c11-10(12,13)16-8-4-1-7(2-5-8)3-6-9(14)15/h1,4H,2-3,5-6H2,(H,14,15). The number of rotatable bonds is 4. The summed E-state index contributed by atoms with van der Waals surface area (Å²) >= 11 is -0.0957. The average Bonchev–Trinajstić information content (AvgIpc) is 2.14. The normalized spacial score (nSPS) is 16.7. The maximum Gasteiger partial charge on any atom is 0.446 e. The average molecular weight is 252 g/mol. The molecule has 0 saturated carbocycles. The Balaban J connectivity index is 2.47. The van der Waals surface area contributed by atoms with E-state index in [1.807, 2.05) is 0 Å². The number of allylic oxidation sites excluding steroid dienone is 4. The summed E-state index contributed by atoms with van der Waals surface area (Å²) in [6, 6.07) is 0. The van der Waals surface area contributed by atoms with Crippen molar-refractivity contribution in [2.45, 2.75) is 31.2 Å². The second-order valence-electron chi connectivity index (χ2n) is 3.40. The van der Waals surface area contributed by atoms with Gasteiger partial charge in [0.2, 0.25) is 0 Å². The van der Waals surface area contributed by atoms with Gasteiger partial charge in [-0.3, -0.25) is 4.79 Å². The monoisotopic (exact) mass is 252 g/mol. The Bertz CT molecular complexity index is 331. The lowest BCUT2D eigenvalue weighted by atomic mass is 10.0. The molecule has 1 rings (SSSR count). The van der Waals surface area contributed by atoms with Gasteiger partial charge in [0.1, 0.15) is 0 Å². The van der Waals surface area contributed by atoms with Gasteiger partial charge in [-0.05, 0) is 35.9 Å². The summed E-state index contributed by atoms with van der Waals surface area (Å²) in [5.41, 5.74) is -3.34. The van der Waals surface area contributed by atoms with Crippen molar-refractivity contribution in [1.82, 2.24) is 0 Å². The van der Waals surface area contributed by atoms with Crippen LogP contribution in [0.4, 0.5) is 13.2 Å². The Hall–Kier alpha value is -0.910. The highest BCUT2D eigenvalue weighted by Gasteiger charge is 2.30. The largest absolute Gasteiger partial charge is 0.481 e. The molecule has 0 aliphatic heterocycles. The van der Waals surface area contributed by atoms with E-state index < -0.39 is 11.5 Å². The number of carbonyl (C=O) groups is 1. The van der Waals surface area contributed by atoms with Gasteiger partial charge in [0.05, 0.1) is 0 Å². The van der Waals surface area contributed by atoms with E-state index in [1.165, 1.54) is 6.08 Å². The fourth-order valence-corrected chi connectivity index (χ4v) is 2.01. The summed E-state index contributed by atoms with van der Waals surface area (Å²) in [6.07, 6.45) is 4.33. The number of carboxylic acid groups (broad SMARTS) is 1. The molecule has 16 heavy (non-hydrogen) atoms. The highest BCUT2D eigenvalue weighted by molar-refractivity contribution is 8.03. The zero-order valence-corrected chi connectivity index (χ0v) is 9.20. The van der Waals surface area contributed by atoms with Crippen molar-refractivity contribution in [3.63, 3.8) is 0 Å². The zero-order valence-electron chi connectivity index (χ0n) is 8.38. The van der Waals surface area contributed by atoms with E-state index in [0.29, 0.717) is 19.3 Å². The van der Waals surface area contributed by atoms with Crippen LogP contribution >= 0.6 is 11.8 Å². The highest BCUT2D eigenvalue weighted by Crippen LogP contribution is 2.40. The molecule has 0 atom stereocenters. The minimum absolute atomic E-state index is 0.0292. The molecule has 0 unspecified atom stereocenters. The van der Waals surface area contributed by atoms with Gasteiger partial charge < -0.3 is 5.11 Å². The molecule has 0 heterocycles. The van der Waals surface area contributed by atoms with E-state index in [-0.39, 0.29) is 23.1 Å². The Morgan fingerprint density at radius 2 is 2.06 bits per heavy atom. The topological polar surface area (TPSA) is 37.3 Å². The quantitative estimate of drug-likeness (QED) is 0.828.